The fourth-order valence-corrected chi connectivity index (χ4v) is 4.70. The fourth-order valence-electron chi connectivity index (χ4n) is 4.44. The first-order chi connectivity index (χ1) is 16.9. The highest BCUT2D eigenvalue weighted by Crippen LogP contribution is 2.42. The number of ether oxygens (including phenoxy) is 3. The third kappa shape index (κ3) is 6.48. The van der Waals surface area contributed by atoms with Crippen molar-refractivity contribution in [2.24, 2.45) is 10.9 Å². The Bertz CT molecular complexity index is 987. The van der Waals surface area contributed by atoms with Gasteiger partial charge in [0.1, 0.15) is 5.92 Å². The van der Waals surface area contributed by atoms with E-state index in [1.165, 1.54) is 7.11 Å². The lowest BCUT2D eigenvalue weighted by Gasteiger charge is -2.33. The highest BCUT2D eigenvalue weighted by atomic mass is 35.5. The van der Waals surface area contributed by atoms with E-state index in [2.05, 4.69) is 9.89 Å². The second kappa shape index (κ2) is 12.8. The zero-order chi connectivity index (χ0) is 25.4. The molecule has 1 fully saturated rings. The van der Waals surface area contributed by atoms with Crippen LogP contribution >= 0.6 is 11.6 Å². The molecule has 0 N–H and O–H groups in total. The molecule has 2 aliphatic rings. The molecule has 0 saturated carbocycles. The second-order valence-electron chi connectivity index (χ2n) is 8.37. The van der Waals surface area contributed by atoms with E-state index in [1.807, 2.05) is 0 Å². The van der Waals surface area contributed by atoms with Gasteiger partial charge in [-0.05, 0) is 25.5 Å². The summed E-state index contributed by atoms with van der Waals surface area (Å²) in [5.74, 6) is -2.61. The molecule has 1 aromatic carbocycles. The maximum absolute atomic E-state index is 13.2. The minimum absolute atomic E-state index is 0.0780. The van der Waals surface area contributed by atoms with Crippen molar-refractivity contribution in [3.05, 3.63) is 46.1 Å². The standard InChI is InChI=1S/C25H32ClN3O6/c1-4-35-25(32)23-20(15-34-14-13-28-9-11-29(16-30)12-10-28)27-17(2)21(24(31)33-3)22(23)18-7-5-6-8-19(18)26/h5-8,16,21-22H,4,9-15H2,1-3H3. The number of amides is 1. The first kappa shape index (κ1) is 26.8. The molecule has 190 valence electrons. The van der Waals surface area contributed by atoms with Crippen molar-refractivity contribution >= 4 is 35.7 Å². The molecule has 2 aliphatic heterocycles. The van der Waals surface area contributed by atoms with Crippen molar-refractivity contribution in [1.82, 2.24) is 9.80 Å². The van der Waals surface area contributed by atoms with Crippen molar-refractivity contribution in [3.8, 4) is 0 Å². The van der Waals surface area contributed by atoms with E-state index >= 15 is 0 Å². The highest BCUT2D eigenvalue weighted by Gasteiger charge is 2.43. The zero-order valence-corrected chi connectivity index (χ0v) is 21.1. The van der Waals surface area contributed by atoms with E-state index in [4.69, 9.17) is 25.8 Å². The van der Waals surface area contributed by atoms with Gasteiger partial charge in [-0.25, -0.2) is 4.79 Å². The minimum Gasteiger partial charge on any atom is -0.468 e. The quantitative estimate of drug-likeness (QED) is 0.273. The number of hydrogen-bond acceptors (Lipinski definition) is 8. The van der Waals surface area contributed by atoms with Crippen LogP contribution in [0.15, 0.2) is 40.5 Å². The number of esters is 2. The molecule has 9 nitrogen and oxygen atoms in total. The van der Waals surface area contributed by atoms with Crippen LogP contribution in [0.5, 0.6) is 0 Å². The maximum Gasteiger partial charge on any atom is 0.336 e. The van der Waals surface area contributed by atoms with E-state index in [0.717, 1.165) is 19.5 Å². The molecular formula is C25H32ClN3O6. The normalized spacial score (nSPS) is 20.9. The first-order valence-electron chi connectivity index (χ1n) is 11.7. The van der Waals surface area contributed by atoms with Crippen LogP contribution in [-0.4, -0.2) is 93.5 Å². The molecule has 10 heteroatoms. The molecular weight excluding hydrogens is 474 g/mol. The number of aliphatic imine (C=N–C) groups is 1. The Morgan fingerprint density at radius 3 is 2.54 bits per heavy atom. The summed E-state index contributed by atoms with van der Waals surface area (Å²) in [6.07, 6.45) is 0.873. The van der Waals surface area contributed by atoms with Crippen LogP contribution in [0, 0.1) is 5.92 Å². The third-order valence-corrected chi connectivity index (χ3v) is 6.60. The number of carbonyl (C=O) groups excluding carboxylic acids is 3. The number of rotatable bonds is 10. The predicted molar refractivity (Wildman–Crippen MR) is 131 cm³/mol. The Morgan fingerprint density at radius 1 is 1.20 bits per heavy atom. The molecule has 0 bridgehead atoms. The predicted octanol–water partition coefficient (Wildman–Crippen LogP) is 2.30. The van der Waals surface area contributed by atoms with E-state index < -0.39 is 23.8 Å². The van der Waals surface area contributed by atoms with Crippen LogP contribution in [0.4, 0.5) is 0 Å². The summed E-state index contributed by atoms with van der Waals surface area (Å²) in [5, 5.41) is 0.428. The van der Waals surface area contributed by atoms with Crippen LogP contribution in [0.1, 0.15) is 25.3 Å². The van der Waals surface area contributed by atoms with Crippen molar-refractivity contribution in [2.75, 3.05) is 59.7 Å². The van der Waals surface area contributed by atoms with E-state index in [-0.39, 0.29) is 18.8 Å². The number of methoxy groups -OCH3 is 1. The van der Waals surface area contributed by atoms with E-state index in [0.29, 0.717) is 48.2 Å². The summed E-state index contributed by atoms with van der Waals surface area (Å²) in [6.45, 7) is 7.77. The van der Waals surface area contributed by atoms with Crippen LogP contribution in [-0.2, 0) is 28.6 Å². The van der Waals surface area contributed by atoms with Crippen molar-refractivity contribution in [2.45, 2.75) is 19.8 Å². The molecule has 1 amide bonds. The molecule has 3 rings (SSSR count). The highest BCUT2D eigenvalue weighted by molar-refractivity contribution is 6.31. The van der Waals surface area contributed by atoms with E-state index in [9.17, 15) is 14.4 Å². The molecule has 0 aromatic heterocycles. The topological polar surface area (TPSA) is 97.7 Å². The van der Waals surface area contributed by atoms with Crippen molar-refractivity contribution in [1.29, 1.82) is 0 Å². The summed E-state index contributed by atoms with van der Waals surface area (Å²) in [6, 6.07) is 7.10. The summed E-state index contributed by atoms with van der Waals surface area (Å²) in [4.78, 5) is 45.4. The van der Waals surface area contributed by atoms with Crippen LogP contribution in [0.2, 0.25) is 5.02 Å². The van der Waals surface area contributed by atoms with Gasteiger partial charge in [0, 0.05) is 49.4 Å². The number of hydrogen-bond donors (Lipinski definition) is 0. The summed E-state index contributed by atoms with van der Waals surface area (Å²) >= 11 is 6.52. The molecule has 2 unspecified atom stereocenters. The number of halogens is 1. The summed E-state index contributed by atoms with van der Waals surface area (Å²) in [5.41, 5.74) is 1.79. The Hall–Kier alpha value is -2.75. The third-order valence-electron chi connectivity index (χ3n) is 6.25. The van der Waals surface area contributed by atoms with Gasteiger partial charge in [-0.15, -0.1) is 0 Å². The lowest BCUT2D eigenvalue weighted by Crippen LogP contribution is -2.46. The van der Waals surface area contributed by atoms with Gasteiger partial charge in [0.05, 0.1) is 38.2 Å². The monoisotopic (exact) mass is 505 g/mol. The molecule has 0 spiro atoms. The van der Waals surface area contributed by atoms with Gasteiger partial charge in [-0.1, -0.05) is 29.8 Å². The molecule has 0 aliphatic carbocycles. The molecule has 1 saturated heterocycles. The van der Waals surface area contributed by atoms with Crippen molar-refractivity contribution in [3.63, 3.8) is 0 Å². The lowest BCUT2D eigenvalue weighted by atomic mass is 9.75. The van der Waals surface area contributed by atoms with Gasteiger partial charge < -0.3 is 19.1 Å². The summed E-state index contributed by atoms with van der Waals surface area (Å²) in [7, 11) is 1.31. The maximum atomic E-state index is 13.2. The first-order valence-corrected chi connectivity index (χ1v) is 12.1. The number of carbonyl (C=O) groups is 3. The Labute approximate surface area is 210 Å². The average molecular weight is 506 g/mol. The number of benzene rings is 1. The molecule has 2 heterocycles. The molecule has 35 heavy (non-hydrogen) atoms. The van der Waals surface area contributed by atoms with Crippen LogP contribution < -0.4 is 0 Å². The number of nitrogens with zero attached hydrogens (tertiary/aromatic N) is 3. The Balaban J connectivity index is 1.86. The summed E-state index contributed by atoms with van der Waals surface area (Å²) < 4.78 is 16.3. The van der Waals surface area contributed by atoms with Gasteiger partial charge in [-0.2, -0.15) is 0 Å². The second-order valence-corrected chi connectivity index (χ2v) is 8.78. The Morgan fingerprint density at radius 2 is 1.91 bits per heavy atom. The molecule has 0 radical (unpaired) electrons. The van der Waals surface area contributed by atoms with Gasteiger partial charge in [0.2, 0.25) is 6.41 Å². The van der Waals surface area contributed by atoms with Crippen LogP contribution in [0.3, 0.4) is 0 Å². The smallest absolute Gasteiger partial charge is 0.336 e. The van der Waals surface area contributed by atoms with E-state index in [1.54, 1.807) is 43.0 Å². The van der Waals surface area contributed by atoms with Gasteiger partial charge in [-0.3, -0.25) is 19.5 Å². The van der Waals surface area contributed by atoms with Gasteiger partial charge in [0.25, 0.3) is 0 Å². The zero-order valence-electron chi connectivity index (χ0n) is 20.4. The largest absolute Gasteiger partial charge is 0.468 e. The molecule has 2 atom stereocenters. The van der Waals surface area contributed by atoms with Gasteiger partial charge in [0.15, 0.2) is 0 Å². The average Bonchev–Trinajstić information content (AvgIpc) is 2.86. The Kier molecular flexibility index (Phi) is 9.83. The minimum atomic E-state index is -0.822. The fraction of sp³-hybridized carbons (Fsp3) is 0.520. The molecule has 1 aromatic rings. The number of piperazine rings is 1. The SMILES string of the molecule is CCOC(=O)C1=C(COCCN2CCN(C=O)CC2)N=C(C)C(C(=O)OC)C1c1ccccc1Cl. The lowest BCUT2D eigenvalue weighted by molar-refractivity contribution is -0.144. The van der Waals surface area contributed by atoms with Crippen molar-refractivity contribution < 1.29 is 28.6 Å². The van der Waals surface area contributed by atoms with Gasteiger partial charge >= 0.3 is 11.9 Å². The van der Waals surface area contributed by atoms with Crippen LogP contribution in [0.25, 0.3) is 0 Å².